The lowest BCUT2D eigenvalue weighted by Crippen LogP contribution is -2.46. The van der Waals surface area contributed by atoms with Crippen LogP contribution in [0.15, 0.2) is 52.2 Å². The van der Waals surface area contributed by atoms with Crippen LogP contribution in [0.1, 0.15) is 35.8 Å². The highest BCUT2D eigenvalue weighted by atomic mass is 32.2. The number of piperidine rings is 1. The number of nitrogens with one attached hydrogen (secondary N) is 1. The molecule has 0 bridgehead atoms. The van der Waals surface area contributed by atoms with Crippen molar-refractivity contribution in [1.29, 1.82) is 0 Å². The largest absolute Gasteiger partial charge is 0.338 e. The maximum Gasteiger partial charge on any atom is 0.257 e. The molecule has 7 nitrogen and oxygen atoms in total. The van der Waals surface area contributed by atoms with E-state index < -0.39 is 10.0 Å². The Balaban J connectivity index is 1.44. The molecular formula is C21H23FN4O3S2. The minimum atomic E-state index is -3.52. The van der Waals surface area contributed by atoms with Crippen LogP contribution < -0.4 is 4.72 Å². The average molecular weight is 463 g/mol. The van der Waals surface area contributed by atoms with Crippen molar-refractivity contribution < 1.29 is 17.6 Å². The van der Waals surface area contributed by atoms with Gasteiger partial charge in [0.2, 0.25) is 10.0 Å². The van der Waals surface area contributed by atoms with E-state index >= 15 is 0 Å². The number of halogens is 1. The topological polar surface area (TPSA) is 84.3 Å². The Morgan fingerprint density at radius 1 is 1.23 bits per heavy atom. The first-order valence-electron chi connectivity index (χ1n) is 10.1. The molecular weight excluding hydrogens is 439 g/mol. The van der Waals surface area contributed by atoms with Gasteiger partial charge in [0.15, 0.2) is 0 Å². The molecule has 1 amide bonds. The van der Waals surface area contributed by atoms with Gasteiger partial charge in [-0.3, -0.25) is 4.79 Å². The minimum absolute atomic E-state index is 0.121. The number of hydrogen-bond donors (Lipinski definition) is 1. The van der Waals surface area contributed by atoms with Crippen LogP contribution in [0.2, 0.25) is 0 Å². The van der Waals surface area contributed by atoms with Crippen LogP contribution in [-0.4, -0.2) is 48.1 Å². The van der Waals surface area contributed by atoms with Crippen molar-refractivity contribution in [2.45, 2.75) is 36.4 Å². The van der Waals surface area contributed by atoms with Crippen molar-refractivity contribution in [3.63, 3.8) is 0 Å². The smallest absolute Gasteiger partial charge is 0.257 e. The van der Waals surface area contributed by atoms with Crippen molar-refractivity contribution >= 4 is 27.3 Å². The van der Waals surface area contributed by atoms with Gasteiger partial charge >= 0.3 is 0 Å². The maximum absolute atomic E-state index is 13.2. The Hall–Kier alpha value is -2.56. The predicted molar refractivity (Wildman–Crippen MR) is 116 cm³/mol. The maximum atomic E-state index is 13.2. The van der Waals surface area contributed by atoms with Crippen molar-refractivity contribution in [2.75, 3.05) is 13.1 Å². The molecule has 0 unspecified atom stereocenters. The minimum Gasteiger partial charge on any atom is -0.338 e. The number of amides is 1. The van der Waals surface area contributed by atoms with E-state index in [1.807, 2.05) is 6.92 Å². The van der Waals surface area contributed by atoms with Gasteiger partial charge in [-0.1, -0.05) is 13.0 Å². The van der Waals surface area contributed by atoms with E-state index in [-0.39, 0.29) is 17.8 Å². The molecule has 164 valence electrons. The Morgan fingerprint density at radius 3 is 2.55 bits per heavy atom. The molecule has 10 heteroatoms. The molecule has 0 saturated carbocycles. The molecule has 4 rings (SSSR count). The summed E-state index contributed by atoms with van der Waals surface area (Å²) >= 11 is 1.18. The van der Waals surface area contributed by atoms with E-state index in [1.54, 1.807) is 45.4 Å². The lowest BCUT2D eigenvalue weighted by Gasteiger charge is -2.32. The number of thiophene rings is 1. The van der Waals surface area contributed by atoms with Crippen LogP contribution in [0.4, 0.5) is 4.39 Å². The fourth-order valence-electron chi connectivity index (χ4n) is 3.76. The third-order valence-corrected chi connectivity index (χ3v) is 8.29. The van der Waals surface area contributed by atoms with E-state index in [1.165, 1.54) is 23.5 Å². The Bertz CT molecular complexity index is 1150. The number of sulfonamides is 1. The molecule has 3 aromatic rings. The summed E-state index contributed by atoms with van der Waals surface area (Å²) in [6, 6.07) is 9.06. The summed E-state index contributed by atoms with van der Waals surface area (Å²) in [5, 5.41) is 6.08. The number of nitrogens with zero attached hydrogens (tertiary/aromatic N) is 3. The summed E-state index contributed by atoms with van der Waals surface area (Å²) in [6.07, 6.45) is 3.24. The second-order valence-corrected chi connectivity index (χ2v) is 10.3. The van der Waals surface area contributed by atoms with Gasteiger partial charge in [-0.15, -0.1) is 11.3 Å². The number of aromatic nitrogens is 2. The second-order valence-electron chi connectivity index (χ2n) is 7.37. The van der Waals surface area contributed by atoms with Crippen LogP contribution >= 0.6 is 11.3 Å². The molecule has 0 spiro atoms. The summed E-state index contributed by atoms with van der Waals surface area (Å²) in [5.41, 5.74) is 1.97. The Kier molecular flexibility index (Phi) is 6.22. The molecule has 0 atom stereocenters. The van der Waals surface area contributed by atoms with Crippen LogP contribution in [0.5, 0.6) is 0 Å². The average Bonchev–Trinajstić information content (AvgIpc) is 3.44. The summed E-state index contributed by atoms with van der Waals surface area (Å²) in [4.78, 5) is 14.9. The van der Waals surface area contributed by atoms with Gasteiger partial charge in [0, 0.05) is 19.1 Å². The van der Waals surface area contributed by atoms with Crippen LogP contribution in [0.25, 0.3) is 5.69 Å². The lowest BCUT2D eigenvalue weighted by molar-refractivity contribution is 0.0710. The highest BCUT2D eigenvalue weighted by molar-refractivity contribution is 7.91. The van der Waals surface area contributed by atoms with E-state index in [0.717, 1.165) is 5.69 Å². The third-order valence-electron chi connectivity index (χ3n) is 5.37. The first kappa shape index (κ1) is 21.7. The van der Waals surface area contributed by atoms with Crippen LogP contribution in [-0.2, 0) is 16.4 Å². The van der Waals surface area contributed by atoms with E-state index in [9.17, 15) is 17.6 Å². The molecule has 1 aliphatic heterocycles. The molecule has 1 fully saturated rings. The highest BCUT2D eigenvalue weighted by Crippen LogP contribution is 2.22. The number of hydrogen-bond acceptors (Lipinski definition) is 5. The van der Waals surface area contributed by atoms with Gasteiger partial charge in [0.1, 0.15) is 10.0 Å². The Labute approximate surface area is 184 Å². The van der Waals surface area contributed by atoms with Crippen molar-refractivity contribution in [3.8, 4) is 5.69 Å². The fourth-order valence-corrected chi connectivity index (χ4v) is 6.08. The molecule has 1 aliphatic rings. The zero-order chi connectivity index (χ0) is 22.0. The molecule has 1 saturated heterocycles. The van der Waals surface area contributed by atoms with Gasteiger partial charge < -0.3 is 4.90 Å². The van der Waals surface area contributed by atoms with Gasteiger partial charge in [-0.25, -0.2) is 22.2 Å². The van der Waals surface area contributed by atoms with Crippen molar-refractivity contribution in [3.05, 3.63) is 65.0 Å². The molecule has 1 aromatic carbocycles. The zero-order valence-corrected chi connectivity index (χ0v) is 18.6. The lowest BCUT2D eigenvalue weighted by atomic mass is 10.0. The summed E-state index contributed by atoms with van der Waals surface area (Å²) in [5.74, 6) is -0.451. The third kappa shape index (κ3) is 4.56. The number of carbonyl (C=O) groups excluding carboxylic acids is 1. The first-order valence-corrected chi connectivity index (χ1v) is 12.4. The van der Waals surface area contributed by atoms with E-state index in [4.69, 9.17) is 0 Å². The van der Waals surface area contributed by atoms with Crippen LogP contribution in [0, 0.1) is 5.82 Å². The normalized spacial score (nSPS) is 15.4. The number of rotatable bonds is 6. The molecule has 0 radical (unpaired) electrons. The Morgan fingerprint density at radius 2 is 1.94 bits per heavy atom. The van der Waals surface area contributed by atoms with Crippen molar-refractivity contribution in [1.82, 2.24) is 19.4 Å². The standard InChI is InChI=1S/C21H23FN4O3S2/c1-2-19-18(14-23-26(19)17-7-5-15(22)6-8-17)21(27)25-11-9-16(10-12-25)24-31(28,29)20-4-3-13-30-20/h3-8,13-14,16,24H,2,9-12H2,1H3. The SMILES string of the molecule is CCc1c(C(=O)N2CCC(NS(=O)(=O)c3cccs3)CC2)cnn1-c1ccc(F)cc1. The zero-order valence-electron chi connectivity index (χ0n) is 17.0. The van der Waals surface area contributed by atoms with Gasteiger partial charge in [0.25, 0.3) is 5.91 Å². The van der Waals surface area contributed by atoms with E-state index in [0.29, 0.717) is 47.8 Å². The first-order chi connectivity index (χ1) is 14.9. The summed E-state index contributed by atoms with van der Waals surface area (Å²) < 4.78 is 42.8. The van der Waals surface area contributed by atoms with Crippen LogP contribution in [0.3, 0.4) is 0 Å². The molecule has 31 heavy (non-hydrogen) atoms. The number of likely N-dealkylation sites (tertiary alicyclic amines) is 1. The number of benzene rings is 1. The summed E-state index contributed by atoms with van der Waals surface area (Å²) in [7, 11) is -3.52. The van der Waals surface area contributed by atoms with Crippen molar-refractivity contribution in [2.24, 2.45) is 0 Å². The fraction of sp³-hybridized carbons (Fsp3) is 0.333. The highest BCUT2D eigenvalue weighted by Gasteiger charge is 2.29. The quantitative estimate of drug-likeness (QED) is 0.610. The molecule has 1 N–H and O–H groups in total. The predicted octanol–water partition coefficient (Wildman–Crippen LogP) is 3.22. The van der Waals surface area contributed by atoms with Gasteiger partial charge in [-0.05, 0) is 55.0 Å². The van der Waals surface area contributed by atoms with E-state index in [2.05, 4.69) is 9.82 Å². The van der Waals surface area contributed by atoms with Gasteiger partial charge in [-0.2, -0.15) is 5.10 Å². The van der Waals surface area contributed by atoms with Gasteiger partial charge in [0.05, 0.1) is 23.1 Å². The molecule has 0 aliphatic carbocycles. The second kappa shape index (κ2) is 8.89. The molecule has 2 aromatic heterocycles. The molecule has 3 heterocycles. The number of carbonyl (C=O) groups is 1. The summed E-state index contributed by atoms with van der Waals surface area (Å²) in [6.45, 7) is 2.86. The monoisotopic (exact) mass is 462 g/mol.